The van der Waals surface area contributed by atoms with E-state index in [1.165, 1.54) is 5.56 Å². The van der Waals surface area contributed by atoms with Gasteiger partial charge in [-0.1, -0.05) is 23.7 Å². The lowest BCUT2D eigenvalue weighted by Crippen LogP contribution is -2.56. The highest BCUT2D eigenvalue weighted by Gasteiger charge is 2.33. The van der Waals surface area contributed by atoms with E-state index in [0.717, 1.165) is 43.3 Å². The number of nitro benzene ring substituents is 1. The number of non-ortho nitro benzene ring substituents is 1. The molecule has 0 saturated carbocycles. The van der Waals surface area contributed by atoms with E-state index < -0.39 is 0 Å². The van der Waals surface area contributed by atoms with Crippen molar-refractivity contribution >= 4 is 23.0 Å². The summed E-state index contributed by atoms with van der Waals surface area (Å²) in [4.78, 5) is 15.3. The van der Waals surface area contributed by atoms with Gasteiger partial charge in [0, 0.05) is 55.1 Å². The number of benzene rings is 1. The Hall–Kier alpha value is -1.59. The minimum absolute atomic E-state index is 0.176. The fourth-order valence-corrected chi connectivity index (χ4v) is 3.24. The van der Waals surface area contributed by atoms with Gasteiger partial charge in [0.05, 0.1) is 4.92 Å². The average Bonchev–Trinajstić information content (AvgIpc) is 2.46. The van der Waals surface area contributed by atoms with E-state index in [1.807, 2.05) is 19.1 Å². The van der Waals surface area contributed by atoms with Gasteiger partial charge in [0.2, 0.25) is 0 Å². The van der Waals surface area contributed by atoms with E-state index in [4.69, 9.17) is 11.6 Å². The average molecular weight is 308 g/mol. The van der Waals surface area contributed by atoms with Crippen LogP contribution < -0.4 is 4.90 Å². The first-order valence-corrected chi connectivity index (χ1v) is 7.51. The molecule has 2 heterocycles. The Morgan fingerprint density at radius 3 is 3.05 bits per heavy atom. The predicted molar refractivity (Wildman–Crippen MR) is 84.0 cm³/mol. The van der Waals surface area contributed by atoms with Gasteiger partial charge in [0.25, 0.3) is 5.69 Å². The Bertz CT molecular complexity index is 599. The first-order valence-electron chi connectivity index (χ1n) is 7.13. The molecule has 1 aromatic rings. The number of fused-ring (bicyclic) bond motifs is 4. The van der Waals surface area contributed by atoms with Crippen molar-refractivity contribution in [3.8, 4) is 0 Å². The Balaban J connectivity index is 1.83. The molecule has 6 heteroatoms. The number of piperazine rings is 1. The van der Waals surface area contributed by atoms with Crippen LogP contribution in [0.2, 0.25) is 0 Å². The third-order valence-electron chi connectivity index (χ3n) is 4.29. The normalized spacial score (nSPS) is 22.1. The van der Waals surface area contributed by atoms with Crippen LogP contribution in [-0.4, -0.2) is 42.0 Å². The van der Waals surface area contributed by atoms with E-state index in [0.29, 0.717) is 6.04 Å². The molecule has 1 unspecified atom stereocenters. The summed E-state index contributed by atoms with van der Waals surface area (Å²) >= 11 is 5.92. The topological polar surface area (TPSA) is 49.6 Å². The number of nitro groups is 1. The number of halogens is 1. The molecule has 1 atom stereocenters. The van der Waals surface area contributed by atoms with E-state index in [1.54, 1.807) is 12.1 Å². The molecule has 0 aliphatic carbocycles. The van der Waals surface area contributed by atoms with Crippen LogP contribution in [0.1, 0.15) is 12.5 Å². The van der Waals surface area contributed by atoms with E-state index >= 15 is 0 Å². The second kappa shape index (κ2) is 5.66. The molecule has 1 saturated heterocycles. The fraction of sp³-hybridized carbons (Fsp3) is 0.467. The molecule has 1 aromatic carbocycles. The van der Waals surface area contributed by atoms with E-state index in [2.05, 4.69) is 9.80 Å². The molecule has 2 bridgehead atoms. The lowest BCUT2D eigenvalue weighted by atomic mass is 9.94. The smallest absolute Gasteiger partial charge is 0.271 e. The number of anilines is 1. The molecule has 3 rings (SSSR count). The number of hydrogen-bond donors (Lipinski definition) is 0. The zero-order chi connectivity index (χ0) is 15.0. The van der Waals surface area contributed by atoms with E-state index in [-0.39, 0.29) is 10.6 Å². The lowest BCUT2D eigenvalue weighted by Gasteiger charge is -2.46. The summed E-state index contributed by atoms with van der Waals surface area (Å²) in [6.07, 6.45) is 2.99. The standard InChI is InChI=1S/C15H18ClN3O2/c1-11(16)4-5-17-6-7-18-10-14(17)8-12-2-3-13(19(20)21)9-15(12)18/h2-4,9,14H,5-8,10H2,1H3/b11-4-. The van der Waals surface area contributed by atoms with Crippen molar-refractivity contribution in [3.05, 3.63) is 45.0 Å². The Labute approximate surface area is 128 Å². The number of rotatable bonds is 3. The molecular weight excluding hydrogens is 290 g/mol. The van der Waals surface area contributed by atoms with Gasteiger partial charge in [-0.2, -0.15) is 0 Å². The van der Waals surface area contributed by atoms with Crippen molar-refractivity contribution in [2.75, 3.05) is 31.1 Å². The van der Waals surface area contributed by atoms with Crippen LogP contribution in [0.5, 0.6) is 0 Å². The van der Waals surface area contributed by atoms with Crippen LogP contribution in [0.15, 0.2) is 29.3 Å². The van der Waals surface area contributed by atoms with Gasteiger partial charge in [0.1, 0.15) is 0 Å². The molecule has 0 radical (unpaired) electrons. The monoisotopic (exact) mass is 307 g/mol. The minimum atomic E-state index is -0.323. The molecule has 0 aromatic heterocycles. The summed E-state index contributed by atoms with van der Waals surface area (Å²) in [6.45, 7) is 5.57. The molecule has 1 fully saturated rings. The van der Waals surface area contributed by atoms with Crippen LogP contribution in [0.3, 0.4) is 0 Å². The maximum atomic E-state index is 10.9. The molecule has 0 N–H and O–H groups in total. The van der Waals surface area contributed by atoms with Crippen molar-refractivity contribution in [3.63, 3.8) is 0 Å². The van der Waals surface area contributed by atoms with E-state index in [9.17, 15) is 10.1 Å². The van der Waals surface area contributed by atoms with Crippen molar-refractivity contribution in [1.29, 1.82) is 0 Å². The lowest BCUT2D eigenvalue weighted by molar-refractivity contribution is -0.384. The van der Waals surface area contributed by atoms with Gasteiger partial charge in [-0.25, -0.2) is 0 Å². The molecule has 112 valence electrons. The summed E-state index contributed by atoms with van der Waals surface area (Å²) < 4.78 is 0. The predicted octanol–water partition coefficient (Wildman–Crippen LogP) is 2.78. The first kappa shape index (κ1) is 14.4. The van der Waals surface area contributed by atoms with Crippen molar-refractivity contribution < 1.29 is 4.92 Å². The quantitative estimate of drug-likeness (QED) is 0.636. The summed E-state index contributed by atoms with van der Waals surface area (Å²) in [5, 5.41) is 11.7. The maximum absolute atomic E-state index is 10.9. The SMILES string of the molecule is C/C(Cl)=C/CN1CCN2CC1Cc1ccc([N+](=O)[O-])cc12. The fourth-order valence-electron chi connectivity index (χ4n) is 3.18. The van der Waals surface area contributed by atoms with Gasteiger partial charge in [0.15, 0.2) is 0 Å². The summed E-state index contributed by atoms with van der Waals surface area (Å²) in [6, 6.07) is 5.68. The van der Waals surface area contributed by atoms with Gasteiger partial charge in [-0.15, -0.1) is 0 Å². The van der Waals surface area contributed by atoms with Crippen LogP contribution >= 0.6 is 11.6 Å². The van der Waals surface area contributed by atoms with Gasteiger partial charge in [-0.3, -0.25) is 15.0 Å². The van der Waals surface area contributed by atoms with Crippen molar-refractivity contribution in [2.45, 2.75) is 19.4 Å². The molecule has 0 spiro atoms. The van der Waals surface area contributed by atoms with Crippen molar-refractivity contribution in [1.82, 2.24) is 4.90 Å². The Morgan fingerprint density at radius 1 is 1.52 bits per heavy atom. The highest BCUT2D eigenvalue weighted by atomic mass is 35.5. The number of hydrogen-bond acceptors (Lipinski definition) is 4. The zero-order valence-electron chi connectivity index (χ0n) is 12.0. The third kappa shape index (κ3) is 2.89. The van der Waals surface area contributed by atoms with Crippen LogP contribution in [0, 0.1) is 10.1 Å². The molecule has 0 amide bonds. The number of allylic oxidation sites excluding steroid dienone is 1. The molecule has 2 aliphatic rings. The molecule has 21 heavy (non-hydrogen) atoms. The minimum Gasteiger partial charge on any atom is -0.368 e. The largest absolute Gasteiger partial charge is 0.368 e. The summed E-state index contributed by atoms with van der Waals surface area (Å²) in [5.41, 5.74) is 2.41. The Morgan fingerprint density at radius 2 is 2.33 bits per heavy atom. The molecule has 2 aliphatic heterocycles. The van der Waals surface area contributed by atoms with Gasteiger partial charge in [-0.05, 0) is 18.9 Å². The number of nitrogens with zero attached hydrogens (tertiary/aromatic N) is 3. The van der Waals surface area contributed by atoms with Gasteiger partial charge >= 0.3 is 0 Å². The zero-order valence-corrected chi connectivity index (χ0v) is 12.7. The maximum Gasteiger partial charge on any atom is 0.271 e. The van der Waals surface area contributed by atoms with Crippen LogP contribution in [0.4, 0.5) is 11.4 Å². The highest BCUT2D eigenvalue weighted by Crippen LogP contribution is 2.34. The third-order valence-corrected chi connectivity index (χ3v) is 4.44. The first-order chi connectivity index (χ1) is 10.0. The van der Waals surface area contributed by atoms with Crippen LogP contribution in [-0.2, 0) is 6.42 Å². The molecular formula is C15H18ClN3O2. The highest BCUT2D eigenvalue weighted by molar-refractivity contribution is 6.29. The van der Waals surface area contributed by atoms with Gasteiger partial charge < -0.3 is 4.90 Å². The second-order valence-electron chi connectivity index (χ2n) is 5.66. The second-order valence-corrected chi connectivity index (χ2v) is 6.26. The Kier molecular flexibility index (Phi) is 3.87. The van der Waals surface area contributed by atoms with Crippen molar-refractivity contribution in [2.24, 2.45) is 0 Å². The molecule has 5 nitrogen and oxygen atoms in total. The summed E-state index contributed by atoms with van der Waals surface area (Å²) in [7, 11) is 0. The van der Waals surface area contributed by atoms with Crippen LogP contribution in [0.25, 0.3) is 0 Å². The summed E-state index contributed by atoms with van der Waals surface area (Å²) in [5.74, 6) is 0.